The van der Waals surface area contributed by atoms with Gasteiger partial charge in [0.25, 0.3) is 0 Å². The second kappa shape index (κ2) is 7.48. The van der Waals surface area contributed by atoms with Crippen LogP contribution in [0, 0.1) is 6.92 Å². The van der Waals surface area contributed by atoms with E-state index in [4.69, 9.17) is 4.74 Å². The third-order valence-electron chi connectivity index (χ3n) is 3.21. The number of carbonyl (C=O) groups excluding carboxylic acids is 1. The minimum atomic E-state index is -0.380. The van der Waals surface area contributed by atoms with Gasteiger partial charge in [0, 0.05) is 12.1 Å². The predicted molar refractivity (Wildman–Crippen MR) is 85.4 cm³/mol. The summed E-state index contributed by atoms with van der Waals surface area (Å²) in [6.07, 6.45) is 0.605. The van der Waals surface area contributed by atoms with Crippen molar-refractivity contribution < 1.29 is 9.53 Å². The van der Waals surface area contributed by atoms with E-state index in [0.717, 1.165) is 16.8 Å². The molecule has 1 unspecified atom stereocenters. The van der Waals surface area contributed by atoms with Gasteiger partial charge in [0.05, 0.1) is 6.61 Å². The summed E-state index contributed by atoms with van der Waals surface area (Å²) < 4.78 is 5.18. The number of anilines is 1. The van der Waals surface area contributed by atoms with E-state index in [1.54, 1.807) is 0 Å². The lowest BCUT2D eigenvalue weighted by molar-refractivity contribution is -0.144. The lowest BCUT2D eigenvalue weighted by Gasteiger charge is -2.19. The molecule has 0 aliphatic rings. The fourth-order valence-corrected chi connectivity index (χ4v) is 2.22. The van der Waals surface area contributed by atoms with Crippen molar-refractivity contribution in [1.82, 2.24) is 0 Å². The molecule has 3 heteroatoms. The Morgan fingerprint density at radius 2 is 1.90 bits per heavy atom. The van der Waals surface area contributed by atoms with Crippen LogP contribution in [0.25, 0.3) is 0 Å². The zero-order valence-corrected chi connectivity index (χ0v) is 12.5. The predicted octanol–water partition coefficient (Wildman–Crippen LogP) is 3.58. The highest BCUT2D eigenvalue weighted by molar-refractivity contribution is 5.79. The van der Waals surface area contributed by atoms with E-state index in [1.165, 1.54) is 0 Å². The summed E-state index contributed by atoms with van der Waals surface area (Å²) in [5.41, 5.74) is 3.20. The van der Waals surface area contributed by atoms with Crippen LogP contribution in [0.4, 0.5) is 5.69 Å². The Morgan fingerprint density at radius 3 is 2.57 bits per heavy atom. The van der Waals surface area contributed by atoms with Crippen LogP contribution in [0.5, 0.6) is 0 Å². The summed E-state index contributed by atoms with van der Waals surface area (Å²) in [7, 11) is 0. The van der Waals surface area contributed by atoms with Gasteiger partial charge in [-0.25, -0.2) is 4.79 Å². The zero-order chi connectivity index (χ0) is 15.1. The molecule has 0 bridgehead atoms. The molecule has 1 atom stereocenters. The standard InChI is InChI=1S/C18H21NO2/c1-3-21-18(20)17(13-15-9-5-4-6-10-15)19-16-11-7-8-14(2)12-16/h4-12,17,19H,3,13H2,1-2H3. The summed E-state index contributed by atoms with van der Waals surface area (Å²) in [5, 5.41) is 3.28. The molecule has 0 saturated carbocycles. The maximum Gasteiger partial charge on any atom is 0.328 e. The minimum absolute atomic E-state index is 0.220. The number of benzene rings is 2. The smallest absolute Gasteiger partial charge is 0.328 e. The summed E-state index contributed by atoms with van der Waals surface area (Å²) in [4.78, 5) is 12.2. The number of rotatable bonds is 6. The Morgan fingerprint density at radius 1 is 1.14 bits per heavy atom. The van der Waals surface area contributed by atoms with Crippen molar-refractivity contribution in [2.45, 2.75) is 26.3 Å². The van der Waals surface area contributed by atoms with E-state index in [1.807, 2.05) is 68.4 Å². The summed E-state index contributed by atoms with van der Waals surface area (Å²) in [6, 6.07) is 17.6. The first-order valence-corrected chi connectivity index (χ1v) is 7.23. The van der Waals surface area contributed by atoms with Crippen LogP contribution >= 0.6 is 0 Å². The second-order valence-corrected chi connectivity index (χ2v) is 5.01. The fourth-order valence-electron chi connectivity index (χ4n) is 2.22. The number of aryl methyl sites for hydroxylation is 1. The Kier molecular flexibility index (Phi) is 5.38. The van der Waals surface area contributed by atoms with Crippen molar-refractivity contribution in [3.05, 3.63) is 65.7 Å². The molecule has 0 aromatic heterocycles. The summed E-state index contributed by atoms with van der Waals surface area (Å²) in [5.74, 6) is -0.220. The molecule has 0 heterocycles. The number of nitrogens with one attached hydrogen (secondary N) is 1. The first-order valence-electron chi connectivity index (χ1n) is 7.23. The molecule has 0 fully saturated rings. The van der Waals surface area contributed by atoms with Gasteiger partial charge in [0.15, 0.2) is 0 Å². The Labute approximate surface area is 126 Å². The Bertz CT molecular complexity index is 581. The van der Waals surface area contributed by atoms with Crippen LogP contribution in [0.15, 0.2) is 54.6 Å². The Hall–Kier alpha value is -2.29. The molecule has 1 N–H and O–H groups in total. The molecule has 2 rings (SSSR count). The van der Waals surface area contributed by atoms with E-state index in [-0.39, 0.29) is 12.0 Å². The monoisotopic (exact) mass is 283 g/mol. The molecule has 110 valence electrons. The van der Waals surface area contributed by atoms with Crippen LogP contribution in [0.1, 0.15) is 18.1 Å². The molecule has 0 spiro atoms. The molecule has 0 aliphatic heterocycles. The average molecular weight is 283 g/mol. The molecule has 2 aromatic carbocycles. The van der Waals surface area contributed by atoms with Gasteiger partial charge in [-0.3, -0.25) is 0 Å². The lowest BCUT2D eigenvalue weighted by atomic mass is 10.1. The summed E-state index contributed by atoms with van der Waals surface area (Å²) in [6.45, 7) is 4.24. The van der Waals surface area contributed by atoms with Crippen LogP contribution in [0.3, 0.4) is 0 Å². The third-order valence-corrected chi connectivity index (χ3v) is 3.21. The molecular formula is C18H21NO2. The number of carbonyl (C=O) groups is 1. The minimum Gasteiger partial charge on any atom is -0.464 e. The molecule has 0 radical (unpaired) electrons. The molecular weight excluding hydrogens is 262 g/mol. The van der Waals surface area contributed by atoms with Crippen LogP contribution in [0.2, 0.25) is 0 Å². The molecule has 0 aliphatic carbocycles. The third kappa shape index (κ3) is 4.63. The average Bonchev–Trinajstić information content (AvgIpc) is 2.48. The number of esters is 1. The maximum absolute atomic E-state index is 12.2. The SMILES string of the molecule is CCOC(=O)C(Cc1ccccc1)Nc1cccc(C)c1. The lowest BCUT2D eigenvalue weighted by Crippen LogP contribution is -2.33. The van der Waals surface area contributed by atoms with Crippen LogP contribution < -0.4 is 5.32 Å². The van der Waals surface area contributed by atoms with Crippen LogP contribution in [-0.2, 0) is 16.0 Å². The van der Waals surface area contributed by atoms with E-state index in [2.05, 4.69) is 5.32 Å². The number of ether oxygens (including phenoxy) is 1. The van der Waals surface area contributed by atoms with E-state index in [9.17, 15) is 4.79 Å². The van der Waals surface area contributed by atoms with Gasteiger partial charge < -0.3 is 10.1 Å². The van der Waals surface area contributed by atoms with Gasteiger partial charge in [0.1, 0.15) is 6.04 Å². The number of hydrogen-bond acceptors (Lipinski definition) is 3. The van der Waals surface area contributed by atoms with Gasteiger partial charge in [-0.2, -0.15) is 0 Å². The number of hydrogen-bond donors (Lipinski definition) is 1. The topological polar surface area (TPSA) is 38.3 Å². The first kappa shape index (κ1) is 15.1. The second-order valence-electron chi connectivity index (χ2n) is 5.01. The van der Waals surface area contributed by atoms with Crippen molar-refractivity contribution in [3.63, 3.8) is 0 Å². The zero-order valence-electron chi connectivity index (χ0n) is 12.5. The maximum atomic E-state index is 12.2. The van der Waals surface area contributed by atoms with Gasteiger partial charge >= 0.3 is 5.97 Å². The highest BCUT2D eigenvalue weighted by Crippen LogP contribution is 2.14. The summed E-state index contributed by atoms with van der Waals surface area (Å²) >= 11 is 0. The van der Waals surface area contributed by atoms with Crippen molar-refractivity contribution >= 4 is 11.7 Å². The Balaban J connectivity index is 2.14. The van der Waals surface area contributed by atoms with Gasteiger partial charge in [-0.05, 0) is 37.1 Å². The normalized spacial score (nSPS) is 11.7. The van der Waals surface area contributed by atoms with Gasteiger partial charge in [-0.1, -0.05) is 42.5 Å². The van der Waals surface area contributed by atoms with Gasteiger partial charge in [-0.15, -0.1) is 0 Å². The fraction of sp³-hybridized carbons (Fsp3) is 0.278. The van der Waals surface area contributed by atoms with Crippen molar-refractivity contribution in [3.8, 4) is 0 Å². The molecule has 2 aromatic rings. The highest BCUT2D eigenvalue weighted by atomic mass is 16.5. The molecule has 0 saturated heterocycles. The van der Waals surface area contributed by atoms with Crippen molar-refractivity contribution in [1.29, 1.82) is 0 Å². The van der Waals surface area contributed by atoms with Gasteiger partial charge in [0.2, 0.25) is 0 Å². The van der Waals surface area contributed by atoms with Crippen molar-refractivity contribution in [2.24, 2.45) is 0 Å². The van der Waals surface area contributed by atoms with E-state index >= 15 is 0 Å². The van der Waals surface area contributed by atoms with E-state index < -0.39 is 0 Å². The van der Waals surface area contributed by atoms with Crippen LogP contribution in [-0.4, -0.2) is 18.6 Å². The molecule has 3 nitrogen and oxygen atoms in total. The quantitative estimate of drug-likeness (QED) is 0.823. The van der Waals surface area contributed by atoms with Crippen molar-refractivity contribution in [2.75, 3.05) is 11.9 Å². The molecule has 0 amide bonds. The largest absolute Gasteiger partial charge is 0.464 e. The van der Waals surface area contributed by atoms with E-state index in [0.29, 0.717) is 13.0 Å². The highest BCUT2D eigenvalue weighted by Gasteiger charge is 2.20. The molecule has 21 heavy (non-hydrogen) atoms. The first-order chi connectivity index (χ1) is 10.2.